The molecular weight excluding hydrogens is 252 g/mol. The zero-order valence-electron chi connectivity index (χ0n) is 10.6. The van der Waals surface area contributed by atoms with Gasteiger partial charge in [-0.3, -0.25) is 9.59 Å². The molecule has 0 unspecified atom stereocenters. The summed E-state index contributed by atoms with van der Waals surface area (Å²) in [6.45, 7) is 5.79. The molecular formula is C13H15ClN2O2. The van der Waals surface area contributed by atoms with Gasteiger partial charge >= 0.3 is 0 Å². The number of carbonyl (C=O) groups excluding carboxylic acids is 2. The van der Waals surface area contributed by atoms with Gasteiger partial charge in [0.2, 0.25) is 5.91 Å². The first kappa shape index (κ1) is 12.9. The van der Waals surface area contributed by atoms with Crippen molar-refractivity contribution in [2.45, 2.75) is 26.8 Å². The Morgan fingerprint density at radius 3 is 2.72 bits per heavy atom. The van der Waals surface area contributed by atoms with Crippen LogP contribution in [0, 0.1) is 6.92 Å². The topological polar surface area (TPSA) is 49.4 Å². The molecule has 2 rings (SSSR count). The van der Waals surface area contributed by atoms with Gasteiger partial charge in [-0.15, -0.1) is 0 Å². The highest BCUT2D eigenvalue weighted by Gasteiger charge is 2.39. The Morgan fingerprint density at radius 1 is 1.50 bits per heavy atom. The summed E-state index contributed by atoms with van der Waals surface area (Å²) in [6, 6.07) is 2.98. The molecule has 0 saturated heterocycles. The normalized spacial score (nSPS) is 17.9. The van der Waals surface area contributed by atoms with Gasteiger partial charge < -0.3 is 10.2 Å². The Bertz CT molecular complexity index is 528. The molecule has 1 aromatic carbocycles. The number of likely N-dealkylation sites (N-methyl/N-ethyl adjacent to an activating group) is 1. The summed E-state index contributed by atoms with van der Waals surface area (Å²) in [7, 11) is 0. The van der Waals surface area contributed by atoms with E-state index in [-0.39, 0.29) is 11.8 Å². The van der Waals surface area contributed by atoms with Gasteiger partial charge in [0.1, 0.15) is 6.04 Å². The summed E-state index contributed by atoms with van der Waals surface area (Å²) in [5.74, 6) is -0.367. The minimum Gasteiger partial charge on any atom is -0.341 e. The molecule has 0 aliphatic carbocycles. The zero-order chi connectivity index (χ0) is 13.4. The molecule has 0 aromatic heterocycles. The van der Waals surface area contributed by atoms with Crippen molar-refractivity contribution in [3.05, 3.63) is 28.3 Å². The molecule has 18 heavy (non-hydrogen) atoms. The highest BCUT2D eigenvalue weighted by molar-refractivity contribution is 6.33. The fraction of sp³-hybridized carbons (Fsp3) is 0.385. The van der Waals surface area contributed by atoms with Crippen LogP contribution >= 0.6 is 11.6 Å². The van der Waals surface area contributed by atoms with E-state index >= 15 is 0 Å². The number of benzene rings is 1. The number of anilines is 1. The van der Waals surface area contributed by atoms with Crippen molar-refractivity contribution in [1.82, 2.24) is 5.32 Å². The van der Waals surface area contributed by atoms with Crippen LogP contribution < -0.4 is 10.2 Å². The number of hydrogen-bond donors (Lipinski definition) is 1. The van der Waals surface area contributed by atoms with Crippen LogP contribution in [0.4, 0.5) is 5.69 Å². The van der Waals surface area contributed by atoms with Gasteiger partial charge in [-0.25, -0.2) is 0 Å². The smallest absolute Gasteiger partial charge is 0.254 e. The van der Waals surface area contributed by atoms with Crippen LogP contribution in [0.5, 0.6) is 0 Å². The van der Waals surface area contributed by atoms with Crippen molar-refractivity contribution in [2.24, 2.45) is 0 Å². The fourth-order valence-electron chi connectivity index (χ4n) is 2.37. The molecule has 0 radical (unpaired) electrons. The second-order valence-electron chi connectivity index (χ2n) is 4.34. The fourth-order valence-corrected chi connectivity index (χ4v) is 2.63. The summed E-state index contributed by atoms with van der Waals surface area (Å²) in [5.41, 5.74) is 2.52. The van der Waals surface area contributed by atoms with Crippen molar-refractivity contribution in [1.29, 1.82) is 0 Å². The number of fused-ring (bicyclic) bond motifs is 1. The Hall–Kier alpha value is -1.55. The third kappa shape index (κ3) is 1.86. The van der Waals surface area contributed by atoms with E-state index in [1.807, 2.05) is 19.9 Å². The molecule has 1 aliphatic rings. The van der Waals surface area contributed by atoms with Gasteiger partial charge in [-0.05, 0) is 25.5 Å². The first-order valence-electron chi connectivity index (χ1n) is 5.84. The third-order valence-corrected chi connectivity index (χ3v) is 3.43. The van der Waals surface area contributed by atoms with Gasteiger partial charge in [0.15, 0.2) is 0 Å². The predicted octanol–water partition coefficient (Wildman–Crippen LogP) is 2.19. The SMILES string of the molecule is CCN1C(=O)[C@@H](NC(C)=O)c2c(Cl)ccc(C)c21. The van der Waals surface area contributed by atoms with E-state index in [1.165, 1.54) is 6.92 Å². The molecule has 96 valence electrons. The van der Waals surface area contributed by atoms with Crippen molar-refractivity contribution in [3.8, 4) is 0 Å². The number of aryl methyl sites for hydroxylation is 1. The van der Waals surface area contributed by atoms with Crippen LogP contribution in [0.1, 0.15) is 31.0 Å². The van der Waals surface area contributed by atoms with Gasteiger partial charge in [-0.1, -0.05) is 17.7 Å². The molecule has 0 spiro atoms. The summed E-state index contributed by atoms with van der Waals surface area (Å²) in [5, 5.41) is 3.18. The minimum absolute atomic E-state index is 0.126. The average molecular weight is 267 g/mol. The first-order valence-corrected chi connectivity index (χ1v) is 6.22. The van der Waals surface area contributed by atoms with E-state index in [4.69, 9.17) is 11.6 Å². The van der Waals surface area contributed by atoms with E-state index < -0.39 is 6.04 Å². The van der Waals surface area contributed by atoms with Gasteiger partial charge in [-0.2, -0.15) is 0 Å². The molecule has 0 fully saturated rings. The molecule has 0 bridgehead atoms. The number of hydrogen-bond acceptors (Lipinski definition) is 2. The molecule has 4 nitrogen and oxygen atoms in total. The summed E-state index contributed by atoms with van der Waals surface area (Å²) < 4.78 is 0. The second kappa shape index (κ2) is 4.61. The van der Waals surface area contributed by atoms with Crippen molar-refractivity contribution >= 4 is 29.1 Å². The number of rotatable bonds is 2. The molecule has 1 N–H and O–H groups in total. The Balaban J connectivity index is 2.60. The largest absolute Gasteiger partial charge is 0.341 e. The van der Waals surface area contributed by atoms with Crippen molar-refractivity contribution in [3.63, 3.8) is 0 Å². The summed E-state index contributed by atoms with van der Waals surface area (Å²) in [6.07, 6.45) is 0. The van der Waals surface area contributed by atoms with E-state index in [2.05, 4.69) is 5.32 Å². The number of nitrogens with zero attached hydrogens (tertiary/aromatic N) is 1. The maximum absolute atomic E-state index is 12.3. The molecule has 1 heterocycles. The van der Waals surface area contributed by atoms with Crippen LogP contribution in [-0.2, 0) is 9.59 Å². The molecule has 5 heteroatoms. The van der Waals surface area contributed by atoms with Crippen molar-refractivity contribution in [2.75, 3.05) is 11.4 Å². The Labute approximate surface area is 111 Å². The van der Waals surface area contributed by atoms with Gasteiger partial charge in [0.05, 0.1) is 5.69 Å². The maximum atomic E-state index is 12.3. The van der Waals surface area contributed by atoms with Crippen LogP contribution in [0.15, 0.2) is 12.1 Å². The van der Waals surface area contributed by atoms with E-state index in [9.17, 15) is 9.59 Å². The lowest BCUT2D eigenvalue weighted by molar-refractivity contribution is -0.126. The van der Waals surface area contributed by atoms with Crippen LogP contribution in [0.25, 0.3) is 0 Å². The van der Waals surface area contributed by atoms with Gasteiger partial charge in [0, 0.05) is 24.1 Å². The van der Waals surface area contributed by atoms with Crippen molar-refractivity contribution < 1.29 is 9.59 Å². The lowest BCUT2D eigenvalue weighted by atomic mass is 10.0. The highest BCUT2D eigenvalue weighted by Crippen LogP contribution is 2.42. The number of nitrogens with one attached hydrogen (secondary N) is 1. The average Bonchev–Trinajstić information content (AvgIpc) is 2.58. The third-order valence-electron chi connectivity index (χ3n) is 3.10. The van der Waals surface area contributed by atoms with Crippen LogP contribution in [0.2, 0.25) is 5.02 Å². The lowest BCUT2D eigenvalue weighted by Gasteiger charge is -2.17. The first-order chi connectivity index (χ1) is 8.47. The summed E-state index contributed by atoms with van der Waals surface area (Å²) in [4.78, 5) is 25.2. The lowest BCUT2D eigenvalue weighted by Crippen LogP contribution is -2.36. The monoisotopic (exact) mass is 266 g/mol. The molecule has 0 saturated carbocycles. The second-order valence-corrected chi connectivity index (χ2v) is 4.75. The van der Waals surface area contributed by atoms with E-state index in [0.29, 0.717) is 17.1 Å². The molecule has 1 aliphatic heterocycles. The van der Waals surface area contributed by atoms with Gasteiger partial charge in [0.25, 0.3) is 5.91 Å². The van der Waals surface area contributed by atoms with E-state index in [1.54, 1.807) is 11.0 Å². The van der Waals surface area contributed by atoms with Crippen LogP contribution in [-0.4, -0.2) is 18.4 Å². The number of halogens is 1. The number of carbonyl (C=O) groups is 2. The minimum atomic E-state index is -0.662. The highest BCUT2D eigenvalue weighted by atomic mass is 35.5. The number of amides is 2. The van der Waals surface area contributed by atoms with Crippen LogP contribution in [0.3, 0.4) is 0 Å². The predicted molar refractivity (Wildman–Crippen MR) is 70.8 cm³/mol. The Kier molecular flexibility index (Phi) is 3.30. The Morgan fingerprint density at radius 2 is 2.17 bits per heavy atom. The molecule has 2 amide bonds. The molecule has 1 atom stereocenters. The van der Waals surface area contributed by atoms with E-state index in [0.717, 1.165) is 11.3 Å². The maximum Gasteiger partial charge on any atom is 0.254 e. The zero-order valence-corrected chi connectivity index (χ0v) is 11.3. The molecule has 1 aromatic rings. The quantitative estimate of drug-likeness (QED) is 0.892. The standard InChI is InChI=1S/C13H15ClN2O2/c1-4-16-12-7(2)5-6-9(14)10(12)11(13(16)18)15-8(3)17/h5-6,11H,4H2,1-3H3,(H,15,17)/t11-/m0/s1. The summed E-state index contributed by atoms with van der Waals surface area (Å²) >= 11 is 6.18.